The second kappa shape index (κ2) is 7.61. The zero-order valence-corrected chi connectivity index (χ0v) is 16.6. The number of nitrogens with one attached hydrogen (secondary N) is 2. The van der Waals surface area contributed by atoms with Crippen LogP contribution in [0.3, 0.4) is 0 Å². The van der Waals surface area contributed by atoms with Crippen LogP contribution in [0.25, 0.3) is 10.9 Å². The van der Waals surface area contributed by atoms with Crippen LogP contribution in [-0.2, 0) is 0 Å². The number of hydrogen-bond acceptors (Lipinski definition) is 5. The maximum atomic E-state index is 13.2. The van der Waals surface area contributed by atoms with Gasteiger partial charge in [-0.25, -0.2) is 0 Å². The number of carbonyl (C=O) groups is 1. The Labute approximate surface area is 170 Å². The van der Waals surface area contributed by atoms with Crippen LogP contribution in [0.2, 0.25) is 0 Å². The molecule has 3 aromatic rings. The number of hydrazine groups is 1. The standard InChI is InChI=1S/C23H26N4O2/c1-15-8-10-16(11-9-15)19-13-24-25-21(19)17-5-4-12-27(14-17)23(28)22-18-6-2-3-7-20(18)26-29-22/h2-3,6-11,17,19,21,24-25H,4-5,12-14H2,1H3. The fourth-order valence-electron chi connectivity index (χ4n) is 4.77. The summed E-state index contributed by atoms with van der Waals surface area (Å²) in [7, 11) is 0. The van der Waals surface area contributed by atoms with Gasteiger partial charge in [-0.05, 0) is 43.4 Å². The Morgan fingerprint density at radius 3 is 2.86 bits per heavy atom. The summed E-state index contributed by atoms with van der Waals surface area (Å²) >= 11 is 0. The van der Waals surface area contributed by atoms with Gasteiger partial charge in [0.15, 0.2) is 0 Å². The molecule has 0 bridgehead atoms. The second-order valence-electron chi connectivity index (χ2n) is 8.25. The average Bonchev–Trinajstić information content (AvgIpc) is 3.41. The van der Waals surface area contributed by atoms with E-state index < -0.39 is 0 Å². The molecule has 3 heterocycles. The van der Waals surface area contributed by atoms with Crippen molar-refractivity contribution in [1.82, 2.24) is 20.9 Å². The van der Waals surface area contributed by atoms with Crippen molar-refractivity contribution in [2.24, 2.45) is 5.92 Å². The van der Waals surface area contributed by atoms with Crippen LogP contribution >= 0.6 is 0 Å². The van der Waals surface area contributed by atoms with Crippen LogP contribution in [0.1, 0.15) is 40.4 Å². The van der Waals surface area contributed by atoms with Gasteiger partial charge in [0.05, 0.1) is 5.39 Å². The lowest BCUT2D eigenvalue weighted by Crippen LogP contribution is -2.48. The third-order valence-corrected chi connectivity index (χ3v) is 6.36. The first-order chi connectivity index (χ1) is 14.2. The summed E-state index contributed by atoms with van der Waals surface area (Å²) in [6.45, 7) is 4.52. The molecule has 0 radical (unpaired) electrons. The molecule has 6 heteroatoms. The molecule has 3 unspecified atom stereocenters. The number of aromatic nitrogens is 1. The molecule has 5 rings (SSSR count). The molecule has 6 nitrogen and oxygen atoms in total. The van der Waals surface area contributed by atoms with E-state index in [0.717, 1.165) is 43.4 Å². The third kappa shape index (κ3) is 3.43. The summed E-state index contributed by atoms with van der Waals surface area (Å²) in [6, 6.07) is 16.7. The normalized spacial score (nSPS) is 24.9. The van der Waals surface area contributed by atoms with Gasteiger partial charge in [-0.1, -0.05) is 47.1 Å². The Morgan fingerprint density at radius 1 is 1.17 bits per heavy atom. The fourth-order valence-corrected chi connectivity index (χ4v) is 4.77. The molecule has 2 aliphatic rings. The van der Waals surface area contributed by atoms with E-state index in [2.05, 4.69) is 47.2 Å². The number of piperidine rings is 1. The highest BCUT2D eigenvalue weighted by Crippen LogP contribution is 2.32. The molecule has 0 aliphatic carbocycles. The minimum Gasteiger partial charge on any atom is -0.350 e. The van der Waals surface area contributed by atoms with E-state index in [9.17, 15) is 4.79 Å². The largest absolute Gasteiger partial charge is 0.350 e. The molecule has 0 saturated carbocycles. The number of benzene rings is 2. The van der Waals surface area contributed by atoms with Crippen molar-refractivity contribution in [2.45, 2.75) is 31.7 Å². The number of likely N-dealkylation sites (tertiary alicyclic amines) is 1. The fraction of sp³-hybridized carbons (Fsp3) is 0.391. The summed E-state index contributed by atoms with van der Waals surface area (Å²) in [5.41, 5.74) is 10.2. The van der Waals surface area contributed by atoms with Crippen molar-refractivity contribution in [1.29, 1.82) is 0 Å². The number of carbonyl (C=O) groups excluding carboxylic acids is 1. The Hall–Kier alpha value is -2.70. The van der Waals surface area contributed by atoms with Gasteiger partial charge < -0.3 is 9.42 Å². The molecular weight excluding hydrogens is 364 g/mol. The van der Waals surface area contributed by atoms with Gasteiger partial charge in [-0.2, -0.15) is 0 Å². The van der Waals surface area contributed by atoms with Crippen molar-refractivity contribution in [3.8, 4) is 0 Å². The van der Waals surface area contributed by atoms with E-state index in [-0.39, 0.29) is 5.91 Å². The number of nitrogens with zero attached hydrogens (tertiary/aromatic N) is 2. The molecular formula is C23H26N4O2. The number of rotatable bonds is 3. The smallest absolute Gasteiger partial charge is 0.293 e. The molecule has 1 amide bonds. The maximum absolute atomic E-state index is 13.2. The highest BCUT2D eigenvalue weighted by molar-refractivity contribution is 6.03. The molecule has 0 spiro atoms. The predicted molar refractivity (Wildman–Crippen MR) is 111 cm³/mol. The Morgan fingerprint density at radius 2 is 2.00 bits per heavy atom. The van der Waals surface area contributed by atoms with Gasteiger partial charge in [0.25, 0.3) is 5.91 Å². The van der Waals surface area contributed by atoms with E-state index in [4.69, 9.17) is 4.52 Å². The molecule has 2 fully saturated rings. The Balaban J connectivity index is 1.35. The zero-order valence-electron chi connectivity index (χ0n) is 16.6. The second-order valence-corrected chi connectivity index (χ2v) is 8.25. The topological polar surface area (TPSA) is 70.4 Å². The summed E-state index contributed by atoms with van der Waals surface area (Å²) in [6.07, 6.45) is 2.11. The molecule has 2 saturated heterocycles. The molecule has 1 aromatic heterocycles. The van der Waals surface area contributed by atoms with E-state index in [0.29, 0.717) is 23.6 Å². The van der Waals surface area contributed by atoms with Crippen LogP contribution in [-0.4, -0.2) is 41.6 Å². The molecule has 2 aliphatic heterocycles. The summed E-state index contributed by atoms with van der Waals surface area (Å²) in [5, 5.41) is 4.83. The maximum Gasteiger partial charge on any atom is 0.293 e. The first-order valence-corrected chi connectivity index (χ1v) is 10.4. The molecule has 2 aromatic carbocycles. The lowest BCUT2D eigenvalue weighted by molar-refractivity contribution is 0.0606. The minimum absolute atomic E-state index is 0.0544. The van der Waals surface area contributed by atoms with Crippen LogP contribution in [0.15, 0.2) is 53.1 Å². The van der Waals surface area contributed by atoms with Crippen molar-refractivity contribution in [3.63, 3.8) is 0 Å². The summed E-state index contributed by atoms with van der Waals surface area (Å²) < 4.78 is 5.42. The number of fused-ring (bicyclic) bond motifs is 1. The van der Waals surface area contributed by atoms with Crippen LogP contribution in [0, 0.1) is 12.8 Å². The Kier molecular flexibility index (Phi) is 4.81. The van der Waals surface area contributed by atoms with Gasteiger partial charge in [0, 0.05) is 31.6 Å². The highest BCUT2D eigenvalue weighted by Gasteiger charge is 2.38. The van der Waals surface area contributed by atoms with Gasteiger partial charge in [-0.3, -0.25) is 15.6 Å². The molecule has 3 atom stereocenters. The zero-order chi connectivity index (χ0) is 19.8. The molecule has 2 N–H and O–H groups in total. The SMILES string of the molecule is Cc1ccc(C2CNNC2C2CCCN(C(=O)c3onc4ccccc34)C2)cc1. The summed E-state index contributed by atoms with van der Waals surface area (Å²) in [5.74, 6) is 1.10. The van der Waals surface area contributed by atoms with E-state index >= 15 is 0 Å². The third-order valence-electron chi connectivity index (χ3n) is 6.36. The minimum atomic E-state index is -0.0544. The van der Waals surface area contributed by atoms with Crippen LogP contribution in [0.4, 0.5) is 0 Å². The van der Waals surface area contributed by atoms with Gasteiger partial charge >= 0.3 is 0 Å². The van der Waals surface area contributed by atoms with E-state index in [1.165, 1.54) is 11.1 Å². The van der Waals surface area contributed by atoms with Gasteiger partial charge in [0.2, 0.25) is 5.76 Å². The monoisotopic (exact) mass is 390 g/mol. The van der Waals surface area contributed by atoms with Crippen molar-refractivity contribution < 1.29 is 9.32 Å². The number of amides is 1. The predicted octanol–water partition coefficient (Wildman–Crippen LogP) is 3.25. The van der Waals surface area contributed by atoms with Crippen molar-refractivity contribution in [3.05, 3.63) is 65.4 Å². The lowest BCUT2D eigenvalue weighted by Gasteiger charge is -2.37. The summed E-state index contributed by atoms with van der Waals surface area (Å²) in [4.78, 5) is 15.1. The quantitative estimate of drug-likeness (QED) is 0.718. The van der Waals surface area contributed by atoms with Gasteiger partial charge in [0.1, 0.15) is 5.52 Å². The first kappa shape index (κ1) is 18.3. The van der Waals surface area contributed by atoms with Crippen molar-refractivity contribution >= 4 is 16.8 Å². The first-order valence-electron chi connectivity index (χ1n) is 10.4. The van der Waals surface area contributed by atoms with Gasteiger partial charge in [-0.15, -0.1) is 0 Å². The molecule has 29 heavy (non-hydrogen) atoms. The van der Waals surface area contributed by atoms with E-state index in [1.54, 1.807) is 0 Å². The van der Waals surface area contributed by atoms with Crippen molar-refractivity contribution in [2.75, 3.05) is 19.6 Å². The number of aryl methyl sites for hydroxylation is 1. The van der Waals surface area contributed by atoms with Crippen LogP contribution in [0.5, 0.6) is 0 Å². The Bertz CT molecular complexity index is 1010. The van der Waals surface area contributed by atoms with Crippen LogP contribution < -0.4 is 10.9 Å². The van der Waals surface area contributed by atoms with E-state index in [1.807, 2.05) is 29.2 Å². The number of hydrogen-bond donors (Lipinski definition) is 2. The lowest BCUT2D eigenvalue weighted by atomic mass is 9.81. The average molecular weight is 390 g/mol. The highest BCUT2D eigenvalue weighted by atomic mass is 16.5. The molecule has 150 valence electrons.